The first kappa shape index (κ1) is 28.9. The van der Waals surface area contributed by atoms with E-state index in [0.717, 1.165) is 34.9 Å². The van der Waals surface area contributed by atoms with Gasteiger partial charge in [0.15, 0.2) is 5.16 Å². The molecule has 4 rings (SSSR count). The number of aromatic amines is 1. The third kappa shape index (κ3) is 6.55. The number of aromatic nitrogens is 5. The van der Waals surface area contributed by atoms with E-state index < -0.39 is 38.0 Å². The van der Waals surface area contributed by atoms with Crippen molar-refractivity contribution >= 4 is 56.7 Å². The Hall–Kier alpha value is -3.11. The summed E-state index contributed by atoms with van der Waals surface area (Å²) in [5.41, 5.74) is -6.26. The van der Waals surface area contributed by atoms with Gasteiger partial charge in [-0.25, -0.2) is 9.78 Å². The average molecular weight is 641 g/mol. The highest BCUT2D eigenvalue weighted by atomic mass is 35.5. The molecule has 18 heteroatoms. The van der Waals surface area contributed by atoms with Crippen molar-refractivity contribution in [1.82, 2.24) is 24.7 Å². The molecule has 2 aromatic carbocycles. The van der Waals surface area contributed by atoms with Crippen LogP contribution in [0.15, 0.2) is 69.6 Å². The average Bonchev–Trinajstić information content (AvgIpc) is 2.83. The zero-order valence-electron chi connectivity index (χ0n) is 18.7. The lowest BCUT2D eigenvalue weighted by Gasteiger charge is -2.20. The first-order valence-electron chi connectivity index (χ1n) is 10.2. The number of halogens is 6. The van der Waals surface area contributed by atoms with E-state index in [1.54, 1.807) is 24.3 Å². The predicted molar refractivity (Wildman–Crippen MR) is 137 cm³/mol. The molecule has 2 heterocycles. The Morgan fingerprint density at radius 3 is 2.26 bits per heavy atom. The fraction of sp³-hybridized carbons (Fsp3) is 0.0952. The molecule has 0 radical (unpaired) electrons. The molecule has 1 atom stereocenters. The van der Waals surface area contributed by atoms with Crippen LogP contribution in [0.3, 0.4) is 0 Å². The highest BCUT2D eigenvalue weighted by Crippen LogP contribution is 2.46. The Kier molecular flexibility index (Phi) is 8.28. The topological polar surface area (TPSA) is 137 Å². The van der Waals surface area contributed by atoms with Crippen molar-refractivity contribution < 1.29 is 25.8 Å². The van der Waals surface area contributed by atoms with E-state index >= 15 is 0 Å². The third-order valence-corrected chi connectivity index (χ3v) is 7.75. The van der Waals surface area contributed by atoms with Gasteiger partial charge in [0.05, 0.1) is 10.9 Å². The standard InChI is InChI=1S/C21H11Cl3F3N5O5S2/c22-11-3-1-10(2-4-11)18(38-19-28-6-5-16(31-19)37-39(35,36)21(25,26)27)17-13(23)7-12(8-14(17)24)32-20(34)30-15(33)9-29-32/h1-9,18H,(H,30,33,34). The molecule has 0 spiro atoms. The molecule has 0 amide bonds. The van der Waals surface area contributed by atoms with Gasteiger partial charge in [-0.05, 0) is 29.8 Å². The Bertz CT molecular complexity index is 1740. The SMILES string of the molecule is O=c1cnn(-c2cc(Cl)c(C(Sc3nccc(OS(=O)(=O)C(F)(F)F)n3)c3ccc(Cl)cc3)c(Cl)c2)c(=O)[nH]1. The predicted octanol–water partition coefficient (Wildman–Crippen LogP) is 4.78. The third-order valence-electron chi connectivity index (χ3n) is 4.77. The van der Waals surface area contributed by atoms with Gasteiger partial charge in [0.2, 0.25) is 5.88 Å². The van der Waals surface area contributed by atoms with Crippen molar-refractivity contribution in [2.45, 2.75) is 15.9 Å². The summed E-state index contributed by atoms with van der Waals surface area (Å²) < 4.78 is 66.0. The van der Waals surface area contributed by atoms with Gasteiger partial charge >= 0.3 is 21.3 Å². The fourth-order valence-corrected chi connectivity index (χ4v) is 5.61. The molecule has 10 nitrogen and oxygen atoms in total. The maximum absolute atomic E-state index is 12.7. The summed E-state index contributed by atoms with van der Waals surface area (Å²) in [5, 5.41) is 3.24. The Morgan fingerprint density at radius 2 is 1.67 bits per heavy atom. The highest BCUT2D eigenvalue weighted by molar-refractivity contribution is 7.99. The smallest absolute Gasteiger partial charge is 0.355 e. The van der Waals surface area contributed by atoms with Crippen LogP contribution in [0.4, 0.5) is 13.2 Å². The highest BCUT2D eigenvalue weighted by Gasteiger charge is 2.49. The van der Waals surface area contributed by atoms with Gasteiger partial charge in [-0.3, -0.25) is 9.78 Å². The maximum atomic E-state index is 12.7. The fourth-order valence-electron chi connectivity index (χ4n) is 3.11. The molecule has 0 saturated carbocycles. The van der Waals surface area contributed by atoms with Gasteiger partial charge in [0.25, 0.3) is 5.56 Å². The molecule has 0 aliphatic carbocycles. The van der Waals surface area contributed by atoms with Crippen LogP contribution < -0.4 is 15.4 Å². The van der Waals surface area contributed by atoms with E-state index in [0.29, 0.717) is 10.6 Å². The number of nitrogens with zero attached hydrogens (tertiary/aromatic N) is 4. The van der Waals surface area contributed by atoms with E-state index in [9.17, 15) is 31.2 Å². The second-order valence-corrected chi connectivity index (χ2v) is 11.2. The van der Waals surface area contributed by atoms with E-state index in [2.05, 4.69) is 24.2 Å². The van der Waals surface area contributed by atoms with Crippen molar-refractivity contribution in [2.24, 2.45) is 0 Å². The lowest BCUT2D eigenvalue weighted by Crippen LogP contribution is -2.30. The summed E-state index contributed by atoms with van der Waals surface area (Å²) in [7, 11) is -5.97. The van der Waals surface area contributed by atoms with Crippen molar-refractivity contribution in [3.63, 3.8) is 0 Å². The van der Waals surface area contributed by atoms with Crippen LogP contribution in [0.2, 0.25) is 15.1 Å². The van der Waals surface area contributed by atoms with E-state index in [-0.39, 0.29) is 26.5 Å². The largest absolute Gasteiger partial charge is 0.534 e. The zero-order valence-corrected chi connectivity index (χ0v) is 22.6. The molecule has 0 aliphatic rings. The van der Waals surface area contributed by atoms with Crippen LogP contribution in [0.1, 0.15) is 16.4 Å². The molecule has 1 unspecified atom stereocenters. The lowest BCUT2D eigenvalue weighted by molar-refractivity contribution is -0.0501. The van der Waals surface area contributed by atoms with Crippen LogP contribution >= 0.6 is 46.6 Å². The number of thioether (sulfide) groups is 1. The van der Waals surface area contributed by atoms with Crippen LogP contribution in [0.25, 0.3) is 5.69 Å². The van der Waals surface area contributed by atoms with E-state index in [4.69, 9.17) is 34.8 Å². The summed E-state index contributed by atoms with van der Waals surface area (Å²) in [6, 6.07) is 9.95. The van der Waals surface area contributed by atoms with Crippen LogP contribution in [-0.4, -0.2) is 38.7 Å². The van der Waals surface area contributed by atoms with Crippen LogP contribution in [0.5, 0.6) is 5.88 Å². The summed E-state index contributed by atoms with van der Waals surface area (Å²) in [5.74, 6) is -0.865. The Labute approximate surface area is 235 Å². The van der Waals surface area contributed by atoms with Gasteiger partial charge in [0.1, 0.15) is 6.20 Å². The first-order chi connectivity index (χ1) is 18.2. The van der Waals surface area contributed by atoms with Crippen molar-refractivity contribution in [2.75, 3.05) is 0 Å². The van der Waals surface area contributed by atoms with Gasteiger partial charge in [-0.2, -0.15) is 36.4 Å². The van der Waals surface area contributed by atoms with E-state index in [1.165, 1.54) is 12.1 Å². The molecular weight excluding hydrogens is 630 g/mol. The molecule has 0 bridgehead atoms. The molecule has 204 valence electrons. The minimum atomic E-state index is -5.97. The Balaban J connectivity index is 1.78. The molecule has 1 N–H and O–H groups in total. The van der Waals surface area contributed by atoms with Crippen LogP contribution in [0, 0.1) is 0 Å². The number of hydrogen-bond donors (Lipinski definition) is 1. The number of rotatable bonds is 7. The first-order valence-corrected chi connectivity index (χ1v) is 13.6. The zero-order chi connectivity index (χ0) is 28.5. The summed E-state index contributed by atoms with van der Waals surface area (Å²) >= 11 is 20.0. The molecule has 0 aliphatic heterocycles. The number of H-pyrrole nitrogens is 1. The quantitative estimate of drug-likeness (QED) is 0.131. The van der Waals surface area contributed by atoms with E-state index in [1.807, 2.05) is 0 Å². The monoisotopic (exact) mass is 639 g/mol. The van der Waals surface area contributed by atoms with Crippen molar-refractivity contribution in [3.05, 3.63) is 102 Å². The van der Waals surface area contributed by atoms with Crippen molar-refractivity contribution in [1.29, 1.82) is 0 Å². The lowest BCUT2D eigenvalue weighted by atomic mass is 10.0. The summed E-state index contributed by atoms with van der Waals surface area (Å²) in [6.07, 6.45) is 1.89. The van der Waals surface area contributed by atoms with Crippen LogP contribution in [-0.2, 0) is 10.1 Å². The van der Waals surface area contributed by atoms with Gasteiger partial charge in [-0.1, -0.05) is 58.7 Å². The molecule has 0 saturated heterocycles. The Morgan fingerprint density at radius 1 is 1.03 bits per heavy atom. The summed E-state index contributed by atoms with van der Waals surface area (Å²) in [6.45, 7) is 0. The second kappa shape index (κ2) is 11.2. The summed E-state index contributed by atoms with van der Waals surface area (Å²) in [4.78, 5) is 33.3. The minimum absolute atomic E-state index is 0.0388. The number of benzene rings is 2. The van der Waals surface area contributed by atoms with Gasteiger partial charge in [0, 0.05) is 32.9 Å². The molecular formula is C21H11Cl3F3N5O5S2. The van der Waals surface area contributed by atoms with Gasteiger partial charge in [-0.15, -0.1) is 0 Å². The van der Waals surface area contributed by atoms with Gasteiger partial charge < -0.3 is 4.18 Å². The number of hydrogen-bond acceptors (Lipinski definition) is 9. The number of nitrogens with one attached hydrogen (secondary N) is 1. The molecule has 0 fully saturated rings. The minimum Gasteiger partial charge on any atom is -0.355 e. The maximum Gasteiger partial charge on any atom is 0.534 e. The second-order valence-electron chi connectivity index (χ2n) is 7.38. The molecule has 4 aromatic rings. The normalized spacial score (nSPS) is 12.8. The van der Waals surface area contributed by atoms with Crippen molar-refractivity contribution in [3.8, 4) is 11.6 Å². The number of alkyl halides is 3. The molecule has 39 heavy (non-hydrogen) atoms. The molecule has 2 aromatic heterocycles.